The number of rotatable bonds is 5. The standard InChI is InChI=1S/C13H25NO2/c1-4-13(16,5-2)10-14(3)11-6-8-12(15)9-7-11/h11,16H,4-10H2,1-3H3. The fourth-order valence-corrected chi connectivity index (χ4v) is 2.43. The quantitative estimate of drug-likeness (QED) is 0.780. The van der Waals surface area contributed by atoms with E-state index in [4.69, 9.17) is 0 Å². The summed E-state index contributed by atoms with van der Waals surface area (Å²) in [6, 6.07) is 0.474. The van der Waals surface area contributed by atoms with E-state index in [0.29, 0.717) is 24.7 Å². The van der Waals surface area contributed by atoms with Crippen LogP contribution in [0.2, 0.25) is 0 Å². The van der Waals surface area contributed by atoms with Gasteiger partial charge in [-0.2, -0.15) is 0 Å². The molecule has 0 aliphatic heterocycles. The van der Waals surface area contributed by atoms with Crippen molar-refractivity contribution >= 4 is 5.78 Å². The zero-order valence-corrected chi connectivity index (χ0v) is 10.8. The SMILES string of the molecule is CCC(O)(CC)CN(C)C1CCC(=O)CC1. The molecule has 16 heavy (non-hydrogen) atoms. The Morgan fingerprint density at radius 2 is 1.81 bits per heavy atom. The molecule has 0 aromatic carbocycles. The Labute approximate surface area is 98.8 Å². The zero-order chi connectivity index (χ0) is 12.2. The van der Waals surface area contributed by atoms with Crippen molar-refractivity contribution in [2.24, 2.45) is 0 Å². The number of carbonyl (C=O) groups is 1. The summed E-state index contributed by atoms with van der Waals surface area (Å²) in [6.45, 7) is 4.78. The second-order valence-electron chi connectivity index (χ2n) is 5.12. The lowest BCUT2D eigenvalue weighted by molar-refractivity contribution is -0.121. The highest BCUT2D eigenvalue weighted by molar-refractivity contribution is 5.79. The number of likely N-dealkylation sites (N-methyl/N-ethyl adjacent to an activating group) is 1. The third-order valence-electron chi connectivity index (χ3n) is 4.00. The monoisotopic (exact) mass is 227 g/mol. The van der Waals surface area contributed by atoms with Crippen molar-refractivity contribution in [2.45, 2.75) is 64.0 Å². The first kappa shape index (κ1) is 13.7. The molecule has 0 amide bonds. The van der Waals surface area contributed by atoms with Gasteiger partial charge in [0.25, 0.3) is 0 Å². The molecular weight excluding hydrogens is 202 g/mol. The van der Waals surface area contributed by atoms with E-state index in [1.807, 2.05) is 13.8 Å². The zero-order valence-electron chi connectivity index (χ0n) is 10.8. The van der Waals surface area contributed by atoms with Crippen LogP contribution < -0.4 is 0 Å². The average Bonchev–Trinajstić information content (AvgIpc) is 2.29. The van der Waals surface area contributed by atoms with Crippen LogP contribution in [-0.2, 0) is 4.79 Å². The van der Waals surface area contributed by atoms with E-state index >= 15 is 0 Å². The summed E-state index contributed by atoms with van der Waals surface area (Å²) in [7, 11) is 2.07. The number of hydrogen-bond acceptors (Lipinski definition) is 3. The van der Waals surface area contributed by atoms with Gasteiger partial charge < -0.3 is 10.0 Å². The van der Waals surface area contributed by atoms with Gasteiger partial charge in [0, 0.05) is 25.4 Å². The molecule has 94 valence electrons. The molecule has 0 unspecified atom stereocenters. The maximum atomic E-state index is 11.2. The average molecular weight is 227 g/mol. The van der Waals surface area contributed by atoms with Crippen molar-refractivity contribution in [3.63, 3.8) is 0 Å². The third kappa shape index (κ3) is 3.56. The van der Waals surface area contributed by atoms with Crippen molar-refractivity contribution in [3.05, 3.63) is 0 Å². The van der Waals surface area contributed by atoms with Crippen LogP contribution >= 0.6 is 0 Å². The minimum atomic E-state index is -0.559. The summed E-state index contributed by atoms with van der Waals surface area (Å²) in [5.41, 5.74) is -0.559. The molecule has 1 rings (SSSR count). The van der Waals surface area contributed by atoms with Crippen molar-refractivity contribution in [3.8, 4) is 0 Å². The van der Waals surface area contributed by atoms with Gasteiger partial charge in [0.15, 0.2) is 0 Å². The normalized spacial score (nSPS) is 19.4. The summed E-state index contributed by atoms with van der Waals surface area (Å²) in [6.07, 6.45) is 4.92. The van der Waals surface area contributed by atoms with Crippen LogP contribution in [0.4, 0.5) is 0 Å². The Kier molecular flexibility index (Phi) is 4.93. The molecule has 1 N–H and O–H groups in total. The number of carbonyl (C=O) groups excluding carboxylic acids is 1. The van der Waals surface area contributed by atoms with E-state index in [1.54, 1.807) is 0 Å². The lowest BCUT2D eigenvalue weighted by Gasteiger charge is -2.36. The molecule has 1 saturated carbocycles. The van der Waals surface area contributed by atoms with Crippen molar-refractivity contribution in [2.75, 3.05) is 13.6 Å². The Morgan fingerprint density at radius 3 is 2.25 bits per heavy atom. The second kappa shape index (κ2) is 5.78. The van der Waals surface area contributed by atoms with Gasteiger partial charge in [-0.25, -0.2) is 0 Å². The summed E-state index contributed by atoms with van der Waals surface area (Å²) in [4.78, 5) is 13.4. The first-order valence-electron chi connectivity index (χ1n) is 6.45. The number of hydrogen-bond donors (Lipinski definition) is 1. The van der Waals surface area contributed by atoms with E-state index in [2.05, 4.69) is 11.9 Å². The highest BCUT2D eigenvalue weighted by Crippen LogP contribution is 2.23. The van der Waals surface area contributed by atoms with Gasteiger partial charge in [-0.3, -0.25) is 4.79 Å². The third-order valence-corrected chi connectivity index (χ3v) is 4.00. The predicted molar refractivity (Wildman–Crippen MR) is 65.4 cm³/mol. The van der Waals surface area contributed by atoms with Crippen LogP contribution in [-0.4, -0.2) is 41.0 Å². The van der Waals surface area contributed by atoms with Gasteiger partial charge >= 0.3 is 0 Å². The van der Waals surface area contributed by atoms with Crippen molar-refractivity contribution in [1.82, 2.24) is 4.90 Å². The Bertz CT molecular complexity index is 226. The summed E-state index contributed by atoms with van der Waals surface area (Å²) < 4.78 is 0. The van der Waals surface area contributed by atoms with Crippen LogP contribution in [0.15, 0.2) is 0 Å². The number of aliphatic hydroxyl groups is 1. The molecule has 1 aliphatic carbocycles. The second-order valence-corrected chi connectivity index (χ2v) is 5.12. The van der Waals surface area contributed by atoms with Gasteiger partial charge in [-0.15, -0.1) is 0 Å². The van der Waals surface area contributed by atoms with Crippen molar-refractivity contribution < 1.29 is 9.90 Å². The Hall–Kier alpha value is -0.410. The Balaban J connectivity index is 2.45. The maximum absolute atomic E-state index is 11.2. The summed E-state index contributed by atoms with van der Waals surface area (Å²) in [5.74, 6) is 0.394. The van der Waals surface area contributed by atoms with Gasteiger partial charge in [0.05, 0.1) is 5.60 Å². The fourth-order valence-electron chi connectivity index (χ4n) is 2.43. The molecule has 0 atom stereocenters. The minimum absolute atomic E-state index is 0.394. The minimum Gasteiger partial charge on any atom is -0.389 e. The molecule has 0 bridgehead atoms. The van der Waals surface area contributed by atoms with Gasteiger partial charge in [0.1, 0.15) is 5.78 Å². The van der Waals surface area contributed by atoms with Gasteiger partial charge in [0.2, 0.25) is 0 Å². The van der Waals surface area contributed by atoms with Crippen molar-refractivity contribution in [1.29, 1.82) is 0 Å². The van der Waals surface area contributed by atoms with Crippen LogP contribution in [0.25, 0.3) is 0 Å². The van der Waals surface area contributed by atoms with Crippen LogP contribution in [0.5, 0.6) is 0 Å². The highest BCUT2D eigenvalue weighted by Gasteiger charge is 2.29. The molecule has 0 heterocycles. The lowest BCUT2D eigenvalue weighted by Crippen LogP contribution is -2.46. The van der Waals surface area contributed by atoms with E-state index in [0.717, 1.165) is 32.2 Å². The highest BCUT2D eigenvalue weighted by atomic mass is 16.3. The molecule has 3 nitrogen and oxygen atoms in total. The van der Waals surface area contributed by atoms with E-state index < -0.39 is 5.60 Å². The van der Waals surface area contributed by atoms with Crippen LogP contribution in [0.3, 0.4) is 0 Å². The lowest BCUT2D eigenvalue weighted by atomic mass is 9.91. The summed E-state index contributed by atoms with van der Waals surface area (Å²) >= 11 is 0. The van der Waals surface area contributed by atoms with E-state index in [1.165, 1.54) is 0 Å². The van der Waals surface area contributed by atoms with Gasteiger partial charge in [-0.05, 0) is 32.7 Å². The van der Waals surface area contributed by atoms with Gasteiger partial charge in [-0.1, -0.05) is 13.8 Å². The molecule has 0 radical (unpaired) electrons. The van der Waals surface area contributed by atoms with Crippen LogP contribution in [0, 0.1) is 0 Å². The molecule has 0 spiro atoms. The molecular formula is C13H25NO2. The molecule has 1 fully saturated rings. The van der Waals surface area contributed by atoms with Crippen LogP contribution in [0.1, 0.15) is 52.4 Å². The molecule has 3 heteroatoms. The molecule has 0 saturated heterocycles. The summed E-state index contributed by atoms with van der Waals surface area (Å²) in [5, 5.41) is 10.3. The maximum Gasteiger partial charge on any atom is 0.133 e. The number of ketones is 1. The first-order valence-corrected chi connectivity index (χ1v) is 6.45. The van der Waals surface area contributed by atoms with E-state index in [-0.39, 0.29) is 0 Å². The topological polar surface area (TPSA) is 40.5 Å². The number of nitrogens with zero attached hydrogens (tertiary/aromatic N) is 1. The van der Waals surface area contributed by atoms with E-state index in [9.17, 15) is 9.90 Å². The largest absolute Gasteiger partial charge is 0.389 e. The Morgan fingerprint density at radius 1 is 1.31 bits per heavy atom. The predicted octanol–water partition coefficient (Wildman–Crippen LogP) is 1.98. The first-order chi connectivity index (χ1) is 7.50. The molecule has 1 aliphatic rings. The molecule has 0 aromatic rings. The smallest absolute Gasteiger partial charge is 0.133 e. The number of Topliss-reactive ketones (excluding diaryl/α,β-unsaturated/α-hetero) is 1. The fraction of sp³-hybridized carbons (Fsp3) is 0.923. The molecule has 0 aromatic heterocycles.